The molecule has 0 aromatic rings. The average Bonchev–Trinajstić information content (AvgIpc) is 2.16. The van der Waals surface area contributed by atoms with E-state index >= 15 is 0 Å². The lowest BCUT2D eigenvalue weighted by Crippen LogP contribution is -2.54. The molecule has 2 N–H and O–H groups in total. The molecule has 0 aromatic carbocycles. The fraction of sp³-hybridized carbons (Fsp3) is 0.600. The van der Waals surface area contributed by atoms with Gasteiger partial charge in [-0.15, -0.1) is 0 Å². The molecule has 84 valence electrons. The van der Waals surface area contributed by atoms with Crippen LogP contribution in [0.4, 0.5) is 4.79 Å². The van der Waals surface area contributed by atoms with Crippen molar-refractivity contribution in [1.82, 2.24) is 15.5 Å². The van der Waals surface area contributed by atoms with Crippen LogP contribution in [-0.2, 0) is 4.79 Å². The summed E-state index contributed by atoms with van der Waals surface area (Å²) >= 11 is 0. The Morgan fingerprint density at radius 1 is 1.73 bits per heavy atom. The van der Waals surface area contributed by atoms with E-state index in [1.807, 2.05) is 13.8 Å². The summed E-state index contributed by atoms with van der Waals surface area (Å²) in [5.74, 6) is -0.165. The summed E-state index contributed by atoms with van der Waals surface area (Å²) in [4.78, 5) is 24.0. The predicted octanol–water partition coefficient (Wildman–Crippen LogP) is 0.786. The molecular weight excluding hydrogens is 194 g/mol. The van der Waals surface area contributed by atoms with Gasteiger partial charge in [0.15, 0.2) is 0 Å². The zero-order valence-electron chi connectivity index (χ0n) is 9.28. The van der Waals surface area contributed by atoms with Crippen LogP contribution in [0.25, 0.3) is 0 Å². The summed E-state index contributed by atoms with van der Waals surface area (Å²) in [5.41, 5.74) is 0. The van der Waals surface area contributed by atoms with E-state index in [1.165, 1.54) is 6.92 Å². The van der Waals surface area contributed by atoms with Crippen molar-refractivity contribution in [2.45, 2.75) is 39.4 Å². The Bertz CT molecular complexity index is 288. The third-order valence-corrected chi connectivity index (χ3v) is 2.38. The van der Waals surface area contributed by atoms with Crippen molar-refractivity contribution < 1.29 is 9.59 Å². The molecule has 3 amide bonds. The second kappa shape index (κ2) is 4.82. The van der Waals surface area contributed by atoms with E-state index in [0.29, 0.717) is 0 Å². The van der Waals surface area contributed by atoms with Crippen molar-refractivity contribution >= 4 is 11.9 Å². The quantitative estimate of drug-likeness (QED) is 0.725. The van der Waals surface area contributed by atoms with Gasteiger partial charge in [-0.2, -0.15) is 0 Å². The van der Waals surface area contributed by atoms with E-state index in [9.17, 15) is 9.59 Å². The second-order valence-corrected chi connectivity index (χ2v) is 3.63. The van der Waals surface area contributed by atoms with Gasteiger partial charge in [-0.1, -0.05) is 6.92 Å². The van der Waals surface area contributed by atoms with Gasteiger partial charge in [-0.25, -0.2) is 4.79 Å². The summed E-state index contributed by atoms with van der Waals surface area (Å²) in [6.45, 7) is 5.41. The van der Waals surface area contributed by atoms with Crippen LogP contribution in [0.5, 0.6) is 0 Å². The summed E-state index contributed by atoms with van der Waals surface area (Å²) in [7, 11) is 0. The van der Waals surface area contributed by atoms with Crippen molar-refractivity contribution in [2.75, 3.05) is 0 Å². The van der Waals surface area contributed by atoms with Crippen LogP contribution in [0.2, 0.25) is 0 Å². The maximum Gasteiger partial charge on any atom is 0.323 e. The normalized spacial score (nSPS) is 22.2. The summed E-state index contributed by atoms with van der Waals surface area (Å²) in [6.07, 6.45) is 3.97. The SMILES string of the molecule is CCC(C)N1C=CC(NC(C)=O)NC1=O. The molecule has 5 nitrogen and oxygen atoms in total. The van der Waals surface area contributed by atoms with E-state index < -0.39 is 6.17 Å². The molecule has 0 saturated heterocycles. The molecule has 1 heterocycles. The first-order valence-corrected chi connectivity index (χ1v) is 5.08. The first-order valence-electron chi connectivity index (χ1n) is 5.08. The molecule has 15 heavy (non-hydrogen) atoms. The smallest absolute Gasteiger partial charge is 0.323 e. The monoisotopic (exact) mass is 211 g/mol. The third-order valence-electron chi connectivity index (χ3n) is 2.38. The summed E-state index contributed by atoms with van der Waals surface area (Å²) in [6, 6.07) is -0.00914. The van der Waals surface area contributed by atoms with Gasteiger partial charge in [0.05, 0.1) is 0 Å². The number of hydrogen-bond acceptors (Lipinski definition) is 2. The van der Waals surface area contributed by atoms with Crippen LogP contribution in [-0.4, -0.2) is 29.0 Å². The van der Waals surface area contributed by atoms with Crippen molar-refractivity contribution in [3.63, 3.8) is 0 Å². The van der Waals surface area contributed by atoms with Crippen LogP contribution in [0, 0.1) is 0 Å². The van der Waals surface area contributed by atoms with Gasteiger partial charge in [0.1, 0.15) is 6.17 Å². The molecule has 2 atom stereocenters. The standard InChI is InChI=1S/C10H17N3O2/c1-4-7(2)13-6-5-9(11-8(3)14)12-10(13)15/h5-7,9H,4H2,1-3H3,(H,11,14)(H,12,15). The molecule has 5 heteroatoms. The first-order chi connectivity index (χ1) is 7.04. The van der Waals surface area contributed by atoms with Crippen LogP contribution < -0.4 is 10.6 Å². The van der Waals surface area contributed by atoms with Gasteiger partial charge in [0.25, 0.3) is 0 Å². The van der Waals surface area contributed by atoms with Gasteiger partial charge < -0.3 is 10.6 Å². The van der Waals surface area contributed by atoms with E-state index in [0.717, 1.165) is 6.42 Å². The number of rotatable bonds is 3. The van der Waals surface area contributed by atoms with Crippen LogP contribution >= 0.6 is 0 Å². The van der Waals surface area contributed by atoms with E-state index in [2.05, 4.69) is 10.6 Å². The van der Waals surface area contributed by atoms with Crippen molar-refractivity contribution in [2.24, 2.45) is 0 Å². The highest BCUT2D eigenvalue weighted by Crippen LogP contribution is 2.08. The fourth-order valence-electron chi connectivity index (χ4n) is 1.35. The molecule has 0 bridgehead atoms. The zero-order valence-corrected chi connectivity index (χ0v) is 9.28. The minimum Gasteiger partial charge on any atom is -0.333 e. The first kappa shape index (κ1) is 11.6. The highest BCUT2D eigenvalue weighted by atomic mass is 16.2. The van der Waals surface area contributed by atoms with Gasteiger partial charge in [-0.3, -0.25) is 9.69 Å². The van der Waals surface area contributed by atoms with Crippen LogP contribution in [0.3, 0.4) is 0 Å². The van der Waals surface area contributed by atoms with Crippen molar-refractivity contribution in [1.29, 1.82) is 0 Å². The maximum absolute atomic E-state index is 11.6. The lowest BCUT2D eigenvalue weighted by atomic mass is 10.2. The molecule has 1 rings (SSSR count). The molecular formula is C10H17N3O2. The number of carbonyl (C=O) groups excluding carboxylic acids is 2. The zero-order chi connectivity index (χ0) is 11.4. The highest BCUT2D eigenvalue weighted by molar-refractivity contribution is 5.79. The topological polar surface area (TPSA) is 61.4 Å². The Hall–Kier alpha value is -1.52. The van der Waals surface area contributed by atoms with Gasteiger partial charge in [0.2, 0.25) is 5.91 Å². The molecule has 0 spiro atoms. The summed E-state index contributed by atoms with van der Waals surface area (Å²) in [5, 5.41) is 5.29. The lowest BCUT2D eigenvalue weighted by Gasteiger charge is -2.31. The van der Waals surface area contributed by atoms with Crippen LogP contribution in [0.1, 0.15) is 27.2 Å². The Labute approximate surface area is 89.5 Å². The maximum atomic E-state index is 11.6. The molecule has 1 aliphatic heterocycles. The summed E-state index contributed by atoms with van der Waals surface area (Å²) < 4.78 is 0. The number of carbonyl (C=O) groups is 2. The van der Waals surface area contributed by atoms with Gasteiger partial charge in [-0.05, 0) is 19.4 Å². The van der Waals surface area contributed by atoms with E-state index in [-0.39, 0.29) is 18.0 Å². The minimum absolute atomic E-state index is 0.165. The molecule has 0 fully saturated rings. The highest BCUT2D eigenvalue weighted by Gasteiger charge is 2.23. The largest absolute Gasteiger partial charge is 0.333 e. The molecule has 0 aromatic heterocycles. The van der Waals surface area contributed by atoms with E-state index in [4.69, 9.17) is 0 Å². The Morgan fingerprint density at radius 2 is 2.40 bits per heavy atom. The van der Waals surface area contributed by atoms with Crippen molar-refractivity contribution in [3.8, 4) is 0 Å². The van der Waals surface area contributed by atoms with Gasteiger partial charge in [0, 0.05) is 19.2 Å². The lowest BCUT2D eigenvalue weighted by molar-refractivity contribution is -0.119. The fourth-order valence-corrected chi connectivity index (χ4v) is 1.35. The molecule has 2 unspecified atom stereocenters. The number of nitrogens with zero attached hydrogens (tertiary/aromatic N) is 1. The Balaban J connectivity index is 2.62. The minimum atomic E-state index is -0.393. The number of urea groups is 1. The Kier molecular flexibility index (Phi) is 3.71. The second-order valence-electron chi connectivity index (χ2n) is 3.63. The third kappa shape index (κ3) is 2.97. The Morgan fingerprint density at radius 3 is 2.87 bits per heavy atom. The van der Waals surface area contributed by atoms with E-state index in [1.54, 1.807) is 17.2 Å². The average molecular weight is 211 g/mol. The number of amides is 3. The molecule has 1 aliphatic rings. The molecule has 0 radical (unpaired) electrons. The molecule has 0 aliphatic carbocycles. The van der Waals surface area contributed by atoms with Crippen molar-refractivity contribution in [3.05, 3.63) is 12.3 Å². The van der Waals surface area contributed by atoms with Gasteiger partial charge >= 0.3 is 6.03 Å². The predicted molar refractivity (Wildman–Crippen MR) is 56.9 cm³/mol. The number of hydrogen-bond donors (Lipinski definition) is 2. The van der Waals surface area contributed by atoms with Crippen LogP contribution in [0.15, 0.2) is 12.3 Å². The molecule has 0 saturated carbocycles. The number of nitrogens with one attached hydrogen (secondary N) is 2.